The van der Waals surface area contributed by atoms with Crippen LogP contribution in [0, 0.1) is 12.7 Å². The molecule has 0 radical (unpaired) electrons. The summed E-state index contributed by atoms with van der Waals surface area (Å²) in [7, 11) is 0. The fraction of sp³-hybridized carbons (Fsp3) is 0.133. The summed E-state index contributed by atoms with van der Waals surface area (Å²) in [5.41, 5.74) is 3.45. The van der Waals surface area contributed by atoms with Gasteiger partial charge in [0, 0.05) is 12.1 Å². The van der Waals surface area contributed by atoms with E-state index in [0.29, 0.717) is 12.2 Å². The van der Waals surface area contributed by atoms with Gasteiger partial charge in [-0.2, -0.15) is 5.10 Å². The Morgan fingerprint density at radius 1 is 1.30 bits per heavy atom. The SMILES string of the molecule is Cc1cccc(F)c1NCc1cn[nH]c1-c1cccs1. The van der Waals surface area contributed by atoms with E-state index < -0.39 is 0 Å². The van der Waals surface area contributed by atoms with Gasteiger partial charge in [-0.3, -0.25) is 5.10 Å². The van der Waals surface area contributed by atoms with E-state index in [4.69, 9.17) is 0 Å². The molecule has 3 rings (SSSR count). The van der Waals surface area contributed by atoms with E-state index in [2.05, 4.69) is 15.5 Å². The smallest absolute Gasteiger partial charge is 0.146 e. The van der Waals surface area contributed by atoms with Gasteiger partial charge in [-0.1, -0.05) is 18.2 Å². The summed E-state index contributed by atoms with van der Waals surface area (Å²) >= 11 is 1.65. The largest absolute Gasteiger partial charge is 0.378 e. The summed E-state index contributed by atoms with van der Waals surface area (Å²) in [6.45, 7) is 2.42. The molecule has 20 heavy (non-hydrogen) atoms. The minimum atomic E-state index is -0.230. The van der Waals surface area contributed by atoms with Crippen LogP contribution >= 0.6 is 11.3 Å². The van der Waals surface area contributed by atoms with Crippen LogP contribution in [0.5, 0.6) is 0 Å². The number of halogens is 1. The summed E-state index contributed by atoms with van der Waals surface area (Å²) in [5.74, 6) is -0.230. The maximum absolute atomic E-state index is 13.8. The van der Waals surface area contributed by atoms with Gasteiger partial charge < -0.3 is 5.32 Å². The number of aromatic amines is 1. The zero-order valence-corrected chi connectivity index (χ0v) is 11.8. The van der Waals surface area contributed by atoms with Gasteiger partial charge in [0.25, 0.3) is 0 Å². The lowest BCUT2D eigenvalue weighted by molar-refractivity contribution is 0.629. The second-order valence-corrected chi connectivity index (χ2v) is 5.48. The number of benzene rings is 1. The highest BCUT2D eigenvalue weighted by atomic mass is 32.1. The number of hydrogen-bond acceptors (Lipinski definition) is 3. The fourth-order valence-corrected chi connectivity index (χ4v) is 2.87. The van der Waals surface area contributed by atoms with Crippen molar-refractivity contribution in [2.24, 2.45) is 0 Å². The van der Waals surface area contributed by atoms with E-state index in [1.807, 2.05) is 30.5 Å². The van der Waals surface area contributed by atoms with Gasteiger partial charge in [-0.25, -0.2) is 4.39 Å². The molecule has 2 N–H and O–H groups in total. The first-order chi connectivity index (χ1) is 9.75. The number of thiophene rings is 1. The van der Waals surface area contributed by atoms with Crippen LogP contribution in [0.3, 0.4) is 0 Å². The first kappa shape index (κ1) is 12.9. The first-order valence-electron chi connectivity index (χ1n) is 6.31. The van der Waals surface area contributed by atoms with Crippen molar-refractivity contribution in [3.63, 3.8) is 0 Å². The minimum Gasteiger partial charge on any atom is -0.378 e. The molecule has 0 aliphatic rings. The zero-order valence-electron chi connectivity index (χ0n) is 11.0. The van der Waals surface area contributed by atoms with Crippen molar-refractivity contribution in [3.8, 4) is 10.6 Å². The number of rotatable bonds is 4. The normalized spacial score (nSPS) is 10.7. The van der Waals surface area contributed by atoms with Gasteiger partial charge >= 0.3 is 0 Å². The van der Waals surface area contributed by atoms with Crippen LogP contribution in [-0.2, 0) is 6.54 Å². The van der Waals surface area contributed by atoms with Crippen LogP contribution in [0.2, 0.25) is 0 Å². The molecule has 2 heterocycles. The highest BCUT2D eigenvalue weighted by molar-refractivity contribution is 7.13. The average Bonchev–Trinajstić information content (AvgIpc) is 3.08. The molecule has 0 amide bonds. The lowest BCUT2D eigenvalue weighted by Gasteiger charge is -2.10. The van der Waals surface area contributed by atoms with Gasteiger partial charge in [0.2, 0.25) is 0 Å². The molecule has 0 bridgehead atoms. The second-order valence-electron chi connectivity index (χ2n) is 4.53. The molecule has 0 unspecified atom stereocenters. The Morgan fingerprint density at radius 3 is 2.95 bits per heavy atom. The second kappa shape index (κ2) is 5.46. The Morgan fingerprint density at radius 2 is 2.20 bits per heavy atom. The number of aromatic nitrogens is 2. The van der Waals surface area contributed by atoms with E-state index in [1.54, 1.807) is 23.6 Å². The fourth-order valence-electron chi connectivity index (χ4n) is 2.12. The van der Waals surface area contributed by atoms with Crippen molar-refractivity contribution in [2.45, 2.75) is 13.5 Å². The lowest BCUT2D eigenvalue weighted by atomic mass is 10.1. The molecule has 5 heteroatoms. The van der Waals surface area contributed by atoms with Crippen LogP contribution in [0.4, 0.5) is 10.1 Å². The zero-order chi connectivity index (χ0) is 13.9. The first-order valence-corrected chi connectivity index (χ1v) is 7.19. The topological polar surface area (TPSA) is 40.7 Å². The van der Waals surface area contributed by atoms with Crippen molar-refractivity contribution >= 4 is 17.0 Å². The molecule has 0 atom stereocenters. The van der Waals surface area contributed by atoms with E-state index in [1.165, 1.54) is 6.07 Å². The molecule has 1 aromatic carbocycles. The quantitative estimate of drug-likeness (QED) is 0.755. The van der Waals surface area contributed by atoms with Crippen molar-refractivity contribution in [1.29, 1.82) is 0 Å². The van der Waals surface area contributed by atoms with Crippen LogP contribution in [0.15, 0.2) is 41.9 Å². The molecule has 0 spiro atoms. The highest BCUT2D eigenvalue weighted by Crippen LogP contribution is 2.27. The summed E-state index contributed by atoms with van der Waals surface area (Å²) in [6, 6.07) is 9.10. The highest BCUT2D eigenvalue weighted by Gasteiger charge is 2.10. The van der Waals surface area contributed by atoms with Crippen LogP contribution < -0.4 is 5.32 Å². The van der Waals surface area contributed by atoms with E-state index in [-0.39, 0.29) is 5.82 Å². The Balaban J connectivity index is 1.82. The van der Waals surface area contributed by atoms with E-state index in [9.17, 15) is 4.39 Å². The van der Waals surface area contributed by atoms with Gasteiger partial charge in [-0.15, -0.1) is 11.3 Å². The molecular weight excluding hydrogens is 273 g/mol. The molecule has 0 aliphatic carbocycles. The molecular formula is C15H14FN3S. The van der Waals surface area contributed by atoms with Gasteiger partial charge in [0.15, 0.2) is 0 Å². The van der Waals surface area contributed by atoms with Crippen molar-refractivity contribution < 1.29 is 4.39 Å². The number of nitrogens with zero attached hydrogens (tertiary/aromatic N) is 1. The van der Waals surface area contributed by atoms with Crippen LogP contribution in [0.1, 0.15) is 11.1 Å². The van der Waals surface area contributed by atoms with E-state index >= 15 is 0 Å². The number of H-pyrrole nitrogens is 1. The summed E-state index contributed by atoms with van der Waals surface area (Å²) in [5, 5.41) is 12.3. The predicted molar refractivity (Wildman–Crippen MR) is 80.4 cm³/mol. The van der Waals surface area contributed by atoms with Crippen LogP contribution in [-0.4, -0.2) is 10.2 Å². The molecule has 2 aromatic heterocycles. The van der Waals surface area contributed by atoms with Crippen molar-refractivity contribution in [2.75, 3.05) is 5.32 Å². The lowest BCUT2D eigenvalue weighted by Crippen LogP contribution is -2.03. The molecule has 0 saturated carbocycles. The van der Waals surface area contributed by atoms with Crippen molar-refractivity contribution in [3.05, 3.63) is 58.9 Å². The number of para-hydroxylation sites is 1. The summed E-state index contributed by atoms with van der Waals surface area (Å²) < 4.78 is 13.8. The average molecular weight is 287 g/mol. The predicted octanol–water partition coefficient (Wildman–Crippen LogP) is 4.20. The van der Waals surface area contributed by atoms with E-state index in [0.717, 1.165) is 21.7 Å². The Kier molecular flexibility index (Phi) is 3.52. The Hall–Kier alpha value is -2.14. The maximum Gasteiger partial charge on any atom is 0.146 e. The van der Waals surface area contributed by atoms with Crippen molar-refractivity contribution in [1.82, 2.24) is 10.2 Å². The standard InChI is InChI=1S/C15H14FN3S/c1-10-4-2-5-12(16)14(10)17-8-11-9-18-19-15(11)13-6-3-7-20-13/h2-7,9,17H,8H2,1H3,(H,18,19). The molecule has 3 nitrogen and oxygen atoms in total. The Bertz CT molecular complexity index is 683. The minimum absolute atomic E-state index is 0.230. The number of aryl methyl sites for hydroxylation is 1. The summed E-state index contributed by atoms with van der Waals surface area (Å²) in [6.07, 6.45) is 1.78. The Labute approximate surface area is 120 Å². The number of nitrogens with one attached hydrogen (secondary N) is 2. The maximum atomic E-state index is 13.8. The van der Waals surface area contributed by atoms with Gasteiger partial charge in [0.1, 0.15) is 5.82 Å². The third-order valence-corrected chi connectivity index (χ3v) is 4.05. The summed E-state index contributed by atoms with van der Waals surface area (Å²) in [4.78, 5) is 1.13. The molecule has 0 fully saturated rings. The number of hydrogen-bond donors (Lipinski definition) is 2. The molecule has 0 saturated heterocycles. The third kappa shape index (κ3) is 2.44. The molecule has 0 aliphatic heterocycles. The van der Waals surface area contributed by atoms with Gasteiger partial charge in [0.05, 0.1) is 22.5 Å². The monoisotopic (exact) mass is 287 g/mol. The molecule has 102 valence electrons. The van der Waals surface area contributed by atoms with Crippen LogP contribution in [0.25, 0.3) is 10.6 Å². The third-order valence-electron chi connectivity index (χ3n) is 3.16. The van der Waals surface area contributed by atoms with Gasteiger partial charge in [-0.05, 0) is 30.0 Å². The molecule has 3 aromatic rings. The number of anilines is 1.